The zero-order valence-corrected chi connectivity index (χ0v) is 17.4. The number of rotatable bonds is 6. The number of carbonyl (C=O) groups is 1. The van der Waals surface area contributed by atoms with Gasteiger partial charge < -0.3 is 14.5 Å². The van der Waals surface area contributed by atoms with Gasteiger partial charge in [-0.1, -0.05) is 18.2 Å². The molecular formula is C24H20N2O3S. The lowest BCUT2D eigenvalue weighted by Gasteiger charge is -2.09. The second kappa shape index (κ2) is 8.88. The Labute approximate surface area is 179 Å². The first-order valence-electron chi connectivity index (χ1n) is 9.33. The van der Waals surface area contributed by atoms with Gasteiger partial charge in [0.1, 0.15) is 5.75 Å². The molecule has 0 fully saturated rings. The molecule has 4 rings (SSSR count). The maximum Gasteiger partial charge on any atom is 0.256 e. The van der Waals surface area contributed by atoms with Crippen molar-refractivity contribution in [3.8, 4) is 28.5 Å². The highest BCUT2D eigenvalue weighted by Gasteiger charge is 2.17. The van der Waals surface area contributed by atoms with E-state index in [1.165, 1.54) is 0 Å². The largest absolute Gasteiger partial charge is 0.497 e. The lowest BCUT2D eigenvalue weighted by Crippen LogP contribution is -2.13. The fourth-order valence-corrected chi connectivity index (χ4v) is 3.51. The van der Waals surface area contributed by atoms with Crippen LogP contribution in [-0.4, -0.2) is 24.3 Å². The summed E-state index contributed by atoms with van der Waals surface area (Å²) in [5.41, 5.74) is 2.75. The van der Waals surface area contributed by atoms with E-state index in [0.29, 0.717) is 22.8 Å². The van der Waals surface area contributed by atoms with Gasteiger partial charge in [-0.15, -0.1) is 11.8 Å². The number of carbonyl (C=O) groups excluding carboxylic acids is 1. The minimum atomic E-state index is -0.215. The lowest BCUT2D eigenvalue weighted by molar-refractivity contribution is 0.102. The van der Waals surface area contributed by atoms with Crippen molar-refractivity contribution in [2.45, 2.75) is 4.90 Å². The van der Waals surface area contributed by atoms with Crippen molar-refractivity contribution >= 4 is 23.4 Å². The Bertz CT molecular complexity index is 1170. The van der Waals surface area contributed by atoms with E-state index in [1.807, 2.05) is 73.0 Å². The maximum atomic E-state index is 13.0. The number of ether oxygens (including phenoxy) is 1. The van der Waals surface area contributed by atoms with Gasteiger partial charge in [0.15, 0.2) is 5.76 Å². The Balaban J connectivity index is 1.61. The molecule has 0 saturated heterocycles. The normalized spacial score (nSPS) is 10.6. The quantitative estimate of drug-likeness (QED) is 0.391. The van der Waals surface area contributed by atoms with Gasteiger partial charge in [0.05, 0.1) is 18.9 Å². The van der Waals surface area contributed by atoms with Crippen LogP contribution < -0.4 is 10.1 Å². The summed E-state index contributed by atoms with van der Waals surface area (Å²) in [6, 6.07) is 22.5. The third kappa shape index (κ3) is 4.23. The van der Waals surface area contributed by atoms with Gasteiger partial charge in [-0.05, 0) is 60.9 Å². The highest BCUT2D eigenvalue weighted by Crippen LogP contribution is 2.30. The number of hydrogen-bond donors (Lipinski definition) is 1. The molecule has 3 aromatic carbocycles. The molecule has 1 heterocycles. The molecule has 4 aromatic rings. The number of amides is 1. The number of methoxy groups -OCH3 is 1. The number of thioether (sulfide) groups is 1. The number of hydrogen-bond acceptors (Lipinski definition) is 5. The number of oxazole rings is 1. The Kier molecular flexibility index (Phi) is 5.86. The van der Waals surface area contributed by atoms with Crippen LogP contribution in [0.25, 0.3) is 22.8 Å². The summed E-state index contributed by atoms with van der Waals surface area (Å²) in [6.45, 7) is 0. The third-order valence-electron chi connectivity index (χ3n) is 4.61. The second-order valence-electron chi connectivity index (χ2n) is 6.49. The van der Waals surface area contributed by atoms with Crippen LogP contribution in [-0.2, 0) is 0 Å². The van der Waals surface area contributed by atoms with Crippen LogP contribution in [0, 0.1) is 0 Å². The maximum absolute atomic E-state index is 13.0. The summed E-state index contributed by atoms with van der Waals surface area (Å²) in [7, 11) is 1.63. The number of nitrogens with one attached hydrogen (secondary N) is 1. The van der Waals surface area contributed by atoms with Crippen LogP contribution in [0.3, 0.4) is 0 Å². The second-order valence-corrected chi connectivity index (χ2v) is 7.37. The molecule has 5 nitrogen and oxygen atoms in total. The minimum Gasteiger partial charge on any atom is -0.497 e. The van der Waals surface area contributed by atoms with Crippen molar-refractivity contribution in [1.82, 2.24) is 4.98 Å². The fraction of sp³-hybridized carbons (Fsp3) is 0.0833. The predicted molar refractivity (Wildman–Crippen MR) is 120 cm³/mol. The average Bonchev–Trinajstić information content (AvgIpc) is 3.29. The molecule has 0 radical (unpaired) electrons. The van der Waals surface area contributed by atoms with Crippen molar-refractivity contribution in [2.24, 2.45) is 0 Å². The first-order valence-corrected chi connectivity index (χ1v) is 10.6. The molecular weight excluding hydrogens is 396 g/mol. The molecule has 30 heavy (non-hydrogen) atoms. The monoisotopic (exact) mass is 416 g/mol. The standard InChI is InChI=1S/C24H20N2O3S/c1-28-18-12-10-16(11-13-18)22-15-25-24(29-22)21-9-4-3-8-20(21)23(27)26-17-6-5-7-19(14-17)30-2/h3-15H,1-2H3,(H,26,27). The van der Waals surface area contributed by atoms with E-state index in [2.05, 4.69) is 10.3 Å². The van der Waals surface area contributed by atoms with E-state index in [4.69, 9.17) is 9.15 Å². The highest BCUT2D eigenvalue weighted by atomic mass is 32.2. The highest BCUT2D eigenvalue weighted by molar-refractivity contribution is 7.98. The number of benzene rings is 3. The van der Waals surface area contributed by atoms with Gasteiger partial charge in [-0.2, -0.15) is 0 Å². The first kappa shape index (κ1) is 19.8. The lowest BCUT2D eigenvalue weighted by atomic mass is 10.1. The molecule has 150 valence electrons. The van der Waals surface area contributed by atoms with E-state index >= 15 is 0 Å². The Morgan fingerprint density at radius 3 is 2.60 bits per heavy atom. The van der Waals surface area contributed by atoms with Gasteiger partial charge in [0, 0.05) is 21.7 Å². The van der Waals surface area contributed by atoms with Gasteiger partial charge >= 0.3 is 0 Å². The van der Waals surface area contributed by atoms with E-state index in [1.54, 1.807) is 31.1 Å². The van der Waals surface area contributed by atoms with Crippen LogP contribution in [0.1, 0.15) is 10.4 Å². The SMILES string of the molecule is COc1ccc(-c2cnc(-c3ccccc3C(=O)Nc3cccc(SC)c3)o2)cc1. The van der Waals surface area contributed by atoms with Crippen LogP contribution in [0.4, 0.5) is 5.69 Å². The van der Waals surface area contributed by atoms with E-state index in [-0.39, 0.29) is 5.91 Å². The van der Waals surface area contributed by atoms with E-state index < -0.39 is 0 Å². The molecule has 0 atom stereocenters. The minimum absolute atomic E-state index is 0.215. The fourth-order valence-electron chi connectivity index (χ4n) is 3.05. The summed E-state index contributed by atoms with van der Waals surface area (Å²) in [5, 5.41) is 2.96. The Morgan fingerprint density at radius 2 is 1.83 bits per heavy atom. The zero-order chi connectivity index (χ0) is 20.9. The average molecular weight is 417 g/mol. The topological polar surface area (TPSA) is 64.4 Å². The van der Waals surface area contributed by atoms with Crippen molar-refractivity contribution in [2.75, 3.05) is 18.7 Å². The van der Waals surface area contributed by atoms with Crippen LogP contribution in [0.2, 0.25) is 0 Å². The first-order chi connectivity index (χ1) is 14.7. The number of nitrogens with zero attached hydrogens (tertiary/aromatic N) is 1. The number of anilines is 1. The van der Waals surface area contributed by atoms with Crippen LogP contribution >= 0.6 is 11.8 Å². The molecule has 0 saturated carbocycles. The smallest absolute Gasteiger partial charge is 0.256 e. The van der Waals surface area contributed by atoms with Crippen LogP contribution in [0.15, 0.2) is 88.3 Å². The summed E-state index contributed by atoms with van der Waals surface area (Å²) >= 11 is 1.62. The Morgan fingerprint density at radius 1 is 1.03 bits per heavy atom. The van der Waals surface area contributed by atoms with Crippen molar-refractivity contribution < 1.29 is 13.9 Å². The Hall–Kier alpha value is -3.51. The molecule has 1 aromatic heterocycles. The van der Waals surface area contributed by atoms with Crippen molar-refractivity contribution in [3.05, 3.63) is 84.6 Å². The molecule has 1 amide bonds. The van der Waals surface area contributed by atoms with E-state index in [0.717, 1.165) is 21.9 Å². The number of aromatic nitrogens is 1. The van der Waals surface area contributed by atoms with Gasteiger partial charge in [0.2, 0.25) is 5.89 Å². The summed E-state index contributed by atoms with van der Waals surface area (Å²) in [5.74, 6) is 1.57. The molecule has 0 aliphatic heterocycles. The molecule has 0 spiro atoms. The summed E-state index contributed by atoms with van der Waals surface area (Å²) < 4.78 is 11.2. The van der Waals surface area contributed by atoms with E-state index in [9.17, 15) is 4.79 Å². The summed E-state index contributed by atoms with van der Waals surface area (Å²) in [6.07, 6.45) is 3.66. The van der Waals surface area contributed by atoms with Gasteiger partial charge in [-0.3, -0.25) is 4.79 Å². The predicted octanol–water partition coefficient (Wildman–Crippen LogP) is 5.99. The van der Waals surface area contributed by atoms with Crippen LogP contribution in [0.5, 0.6) is 5.75 Å². The zero-order valence-electron chi connectivity index (χ0n) is 16.6. The third-order valence-corrected chi connectivity index (χ3v) is 5.34. The molecule has 0 bridgehead atoms. The van der Waals surface area contributed by atoms with Crippen molar-refractivity contribution in [1.29, 1.82) is 0 Å². The van der Waals surface area contributed by atoms with Crippen molar-refractivity contribution in [3.63, 3.8) is 0 Å². The summed E-state index contributed by atoms with van der Waals surface area (Å²) in [4.78, 5) is 18.4. The molecule has 0 unspecified atom stereocenters. The van der Waals surface area contributed by atoms with Gasteiger partial charge in [-0.25, -0.2) is 4.98 Å². The molecule has 0 aliphatic rings. The molecule has 6 heteroatoms. The molecule has 0 aliphatic carbocycles. The molecule has 1 N–H and O–H groups in total. The van der Waals surface area contributed by atoms with Gasteiger partial charge in [0.25, 0.3) is 5.91 Å².